The predicted molar refractivity (Wildman–Crippen MR) is 110 cm³/mol. The number of aryl methyl sites for hydroxylation is 1. The van der Waals surface area contributed by atoms with Crippen LogP contribution in [0.1, 0.15) is 29.8 Å². The lowest BCUT2D eigenvalue weighted by atomic mass is 10.2. The Bertz CT molecular complexity index is 838. The zero-order valence-corrected chi connectivity index (χ0v) is 18.1. The Labute approximate surface area is 168 Å². The Morgan fingerprint density at radius 3 is 2.37 bits per heavy atom. The minimum Gasteiger partial charge on any atom is -0.465 e. The smallest absolute Gasteiger partial charge is 0.465 e. The fourth-order valence-electron chi connectivity index (χ4n) is 2.05. The second kappa shape index (κ2) is 9.54. The summed E-state index contributed by atoms with van der Waals surface area (Å²) in [7, 11) is 1.31. The molecule has 0 saturated carbocycles. The number of carbonyl (C=O) groups is 1. The van der Waals surface area contributed by atoms with E-state index in [0.29, 0.717) is 33.8 Å². The molecule has 27 heavy (non-hydrogen) atoms. The van der Waals surface area contributed by atoms with Crippen molar-refractivity contribution in [3.8, 4) is 11.5 Å². The standard InChI is InChI=1S/C19H22ClO5PS/c1-13(2)12-27-26(22,25-18-10-7-16(20)11-14(18)3)24-17-8-5-15(6-9-17)19(21)23-4/h5-11,13H,12H2,1-4H3/t26-/m0/s1. The molecule has 0 spiro atoms. The van der Waals surface area contributed by atoms with Crippen LogP contribution in [0.3, 0.4) is 0 Å². The lowest BCUT2D eigenvalue weighted by molar-refractivity contribution is 0.0600. The van der Waals surface area contributed by atoms with Crippen LogP contribution in [-0.4, -0.2) is 18.8 Å². The highest BCUT2D eigenvalue weighted by Gasteiger charge is 2.30. The molecule has 0 fully saturated rings. The van der Waals surface area contributed by atoms with Gasteiger partial charge in [0.15, 0.2) is 0 Å². The number of methoxy groups -OCH3 is 1. The molecule has 0 saturated heterocycles. The molecule has 2 aromatic rings. The van der Waals surface area contributed by atoms with Crippen LogP contribution >= 0.6 is 29.8 Å². The number of halogens is 1. The molecule has 0 unspecified atom stereocenters. The third-order valence-corrected chi connectivity index (χ3v) is 7.47. The molecule has 0 aliphatic rings. The average Bonchev–Trinajstić information content (AvgIpc) is 2.62. The molecule has 2 rings (SSSR count). The monoisotopic (exact) mass is 428 g/mol. The van der Waals surface area contributed by atoms with Crippen LogP contribution in [0, 0.1) is 12.8 Å². The number of rotatable bonds is 8. The molecule has 0 aromatic heterocycles. The van der Waals surface area contributed by atoms with Crippen LogP contribution in [0.25, 0.3) is 0 Å². The third kappa shape index (κ3) is 6.49. The maximum Gasteiger partial charge on any atom is 0.492 e. The van der Waals surface area contributed by atoms with Crippen molar-refractivity contribution in [1.82, 2.24) is 0 Å². The molecule has 2 aromatic carbocycles. The molecular weight excluding hydrogens is 407 g/mol. The molecule has 0 heterocycles. The van der Waals surface area contributed by atoms with E-state index < -0.39 is 12.8 Å². The molecule has 0 radical (unpaired) electrons. The van der Waals surface area contributed by atoms with Crippen LogP contribution in [-0.2, 0) is 9.30 Å². The molecule has 0 aliphatic carbocycles. The van der Waals surface area contributed by atoms with Gasteiger partial charge >= 0.3 is 12.8 Å². The number of benzene rings is 2. The first-order valence-corrected chi connectivity index (χ1v) is 11.8. The van der Waals surface area contributed by atoms with Gasteiger partial charge in [0.25, 0.3) is 0 Å². The number of carbonyl (C=O) groups excluding carboxylic acids is 1. The largest absolute Gasteiger partial charge is 0.492 e. The minimum absolute atomic E-state index is 0.309. The van der Waals surface area contributed by atoms with Gasteiger partial charge in [-0.25, -0.2) is 9.36 Å². The van der Waals surface area contributed by atoms with E-state index in [0.717, 1.165) is 16.9 Å². The summed E-state index contributed by atoms with van der Waals surface area (Å²) in [5, 5.41) is 0.573. The molecule has 5 nitrogen and oxygen atoms in total. The summed E-state index contributed by atoms with van der Waals surface area (Å²) in [6.07, 6.45) is 0. The Kier molecular flexibility index (Phi) is 7.66. The van der Waals surface area contributed by atoms with Crippen molar-refractivity contribution in [3.63, 3.8) is 0 Å². The maximum absolute atomic E-state index is 13.4. The van der Waals surface area contributed by atoms with Gasteiger partial charge in [-0.05, 0) is 72.3 Å². The van der Waals surface area contributed by atoms with Crippen LogP contribution in [0.5, 0.6) is 11.5 Å². The van der Waals surface area contributed by atoms with E-state index in [1.54, 1.807) is 42.5 Å². The fraction of sp³-hybridized carbons (Fsp3) is 0.316. The Balaban J connectivity index is 2.24. The van der Waals surface area contributed by atoms with E-state index >= 15 is 0 Å². The van der Waals surface area contributed by atoms with Gasteiger partial charge in [-0.2, -0.15) is 0 Å². The fourth-order valence-corrected chi connectivity index (χ4v) is 5.98. The van der Waals surface area contributed by atoms with Crippen molar-refractivity contribution in [2.75, 3.05) is 12.9 Å². The van der Waals surface area contributed by atoms with Gasteiger partial charge in [0.1, 0.15) is 11.5 Å². The summed E-state index contributed by atoms with van der Waals surface area (Å²) < 4.78 is 29.5. The van der Waals surface area contributed by atoms with Gasteiger partial charge in [-0.3, -0.25) is 0 Å². The van der Waals surface area contributed by atoms with Crippen LogP contribution in [0.4, 0.5) is 0 Å². The van der Waals surface area contributed by atoms with E-state index in [4.69, 9.17) is 20.6 Å². The topological polar surface area (TPSA) is 61.8 Å². The highest BCUT2D eigenvalue weighted by atomic mass is 35.5. The van der Waals surface area contributed by atoms with Crippen LogP contribution in [0.15, 0.2) is 42.5 Å². The molecule has 0 aliphatic heterocycles. The highest BCUT2D eigenvalue weighted by Crippen LogP contribution is 2.60. The molecule has 1 atom stereocenters. The zero-order chi connectivity index (χ0) is 20.0. The predicted octanol–water partition coefficient (Wildman–Crippen LogP) is 6.39. The average molecular weight is 429 g/mol. The summed E-state index contributed by atoms with van der Waals surface area (Å²) in [5.41, 5.74) is 1.14. The van der Waals surface area contributed by atoms with Crippen molar-refractivity contribution in [2.45, 2.75) is 20.8 Å². The summed E-state index contributed by atoms with van der Waals surface area (Å²) in [4.78, 5) is 11.5. The first-order valence-electron chi connectivity index (χ1n) is 8.31. The van der Waals surface area contributed by atoms with E-state index in [2.05, 4.69) is 4.74 Å². The number of hydrogen-bond acceptors (Lipinski definition) is 6. The normalized spacial score (nSPS) is 13.1. The van der Waals surface area contributed by atoms with Gasteiger partial charge in [-0.1, -0.05) is 25.4 Å². The van der Waals surface area contributed by atoms with Gasteiger partial charge in [0.2, 0.25) is 0 Å². The van der Waals surface area contributed by atoms with Gasteiger partial charge in [0.05, 0.1) is 12.7 Å². The Hall–Kier alpha value is -1.62. The van der Waals surface area contributed by atoms with Crippen LogP contribution < -0.4 is 9.05 Å². The first kappa shape index (κ1) is 21.7. The SMILES string of the molecule is COC(=O)c1ccc(O[P@@](=O)(Oc2ccc(Cl)cc2C)SCC(C)C)cc1. The zero-order valence-electron chi connectivity index (χ0n) is 15.6. The second-order valence-corrected chi connectivity index (χ2v) is 10.6. The molecule has 0 bridgehead atoms. The van der Waals surface area contributed by atoms with E-state index in [1.165, 1.54) is 7.11 Å². The Morgan fingerprint density at radius 2 is 1.81 bits per heavy atom. The first-order chi connectivity index (χ1) is 12.7. The van der Waals surface area contributed by atoms with Crippen molar-refractivity contribution >= 4 is 35.7 Å². The quantitative estimate of drug-likeness (QED) is 0.358. The number of ether oxygens (including phenoxy) is 1. The second-order valence-electron chi connectivity index (χ2n) is 6.25. The molecule has 8 heteroatoms. The maximum atomic E-state index is 13.4. The molecule has 0 amide bonds. The van der Waals surface area contributed by atoms with Gasteiger partial charge < -0.3 is 13.8 Å². The summed E-state index contributed by atoms with van der Waals surface area (Å²) >= 11 is 7.11. The third-order valence-electron chi connectivity index (χ3n) is 3.41. The van der Waals surface area contributed by atoms with Gasteiger partial charge in [0, 0.05) is 10.8 Å². The van der Waals surface area contributed by atoms with Crippen molar-refractivity contribution < 1.29 is 23.1 Å². The molecule has 146 valence electrons. The lowest BCUT2D eigenvalue weighted by Crippen LogP contribution is -2.03. The number of esters is 1. The molecule has 0 N–H and O–H groups in total. The minimum atomic E-state index is -3.55. The highest BCUT2D eigenvalue weighted by molar-refractivity contribution is 8.55. The van der Waals surface area contributed by atoms with Crippen LogP contribution in [0.2, 0.25) is 5.02 Å². The summed E-state index contributed by atoms with van der Waals surface area (Å²) in [6.45, 7) is 2.32. The van der Waals surface area contributed by atoms with Crippen molar-refractivity contribution in [2.24, 2.45) is 5.92 Å². The van der Waals surface area contributed by atoms with E-state index in [9.17, 15) is 9.36 Å². The van der Waals surface area contributed by atoms with E-state index in [-0.39, 0.29) is 0 Å². The van der Waals surface area contributed by atoms with Gasteiger partial charge in [-0.15, -0.1) is 0 Å². The van der Waals surface area contributed by atoms with E-state index in [1.807, 2.05) is 20.8 Å². The molecular formula is C19H22ClO5PS. The summed E-state index contributed by atoms with van der Waals surface area (Å²) in [5.74, 6) is 1.25. The van der Waals surface area contributed by atoms with Crippen molar-refractivity contribution in [3.05, 3.63) is 58.6 Å². The Morgan fingerprint density at radius 1 is 1.15 bits per heavy atom. The summed E-state index contributed by atoms with van der Waals surface area (Å²) in [6, 6.07) is 11.3. The number of hydrogen-bond donors (Lipinski definition) is 0. The van der Waals surface area contributed by atoms with Crippen molar-refractivity contribution in [1.29, 1.82) is 0 Å². The lowest BCUT2D eigenvalue weighted by Gasteiger charge is -2.21.